The van der Waals surface area contributed by atoms with Crippen molar-refractivity contribution >= 4 is 17.5 Å². The number of rotatable bonds is 4. The van der Waals surface area contributed by atoms with Crippen molar-refractivity contribution in [2.45, 2.75) is 38.8 Å². The summed E-state index contributed by atoms with van der Waals surface area (Å²) >= 11 is 0. The minimum absolute atomic E-state index is 0.0666. The van der Waals surface area contributed by atoms with Gasteiger partial charge in [0.05, 0.1) is 18.4 Å². The van der Waals surface area contributed by atoms with Crippen LogP contribution in [0, 0.1) is 6.92 Å². The summed E-state index contributed by atoms with van der Waals surface area (Å²) in [5.41, 5.74) is 7.39. The van der Waals surface area contributed by atoms with Crippen LogP contribution in [0.5, 0.6) is 0 Å². The average molecular weight is 369 g/mol. The zero-order valence-electron chi connectivity index (χ0n) is 15.9. The summed E-state index contributed by atoms with van der Waals surface area (Å²) in [5, 5.41) is 2.93. The SMILES string of the molecule is Cc1ccc(NC(=O)N2CCC[C@H](N(C)Cc3nccc(N)n3)CC2)cn1. The first-order valence-corrected chi connectivity index (χ1v) is 9.27. The van der Waals surface area contributed by atoms with Gasteiger partial charge in [-0.15, -0.1) is 0 Å². The van der Waals surface area contributed by atoms with Crippen LogP contribution in [-0.2, 0) is 6.54 Å². The molecule has 1 saturated heterocycles. The molecule has 144 valence electrons. The van der Waals surface area contributed by atoms with E-state index in [1.54, 1.807) is 18.5 Å². The summed E-state index contributed by atoms with van der Waals surface area (Å²) in [4.78, 5) is 29.4. The van der Waals surface area contributed by atoms with E-state index < -0.39 is 0 Å². The maximum atomic E-state index is 12.5. The highest BCUT2D eigenvalue weighted by atomic mass is 16.2. The fraction of sp³-hybridized carbons (Fsp3) is 0.474. The highest BCUT2D eigenvalue weighted by molar-refractivity contribution is 5.89. The number of amides is 2. The first-order valence-electron chi connectivity index (χ1n) is 9.27. The third-order valence-electron chi connectivity index (χ3n) is 4.89. The lowest BCUT2D eigenvalue weighted by Crippen LogP contribution is -2.37. The predicted octanol–water partition coefficient (Wildman–Crippen LogP) is 2.28. The van der Waals surface area contributed by atoms with E-state index in [9.17, 15) is 4.79 Å². The second kappa shape index (κ2) is 8.77. The van der Waals surface area contributed by atoms with Gasteiger partial charge in [-0.2, -0.15) is 0 Å². The molecule has 1 fully saturated rings. The van der Waals surface area contributed by atoms with Gasteiger partial charge in [-0.3, -0.25) is 9.88 Å². The van der Waals surface area contributed by atoms with Crippen LogP contribution in [0.1, 0.15) is 30.8 Å². The Morgan fingerprint density at radius 3 is 2.89 bits per heavy atom. The molecule has 0 radical (unpaired) electrons. The van der Waals surface area contributed by atoms with E-state index in [4.69, 9.17) is 5.73 Å². The monoisotopic (exact) mass is 369 g/mol. The van der Waals surface area contributed by atoms with Crippen LogP contribution in [0.2, 0.25) is 0 Å². The number of nitrogens with two attached hydrogens (primary N) is 1. The van der Waals surface area contributed by atoms with Crippen molar-refractivity contribution in [1.82, 2.24) is 24.8 Å². The molecule has 0 saturated carbocycles. The second-order valence-electron chi connectivity index (χ2n) is 7.00. The van der Waals surface area contributed by atoms with Crippen LogP contribution in [0.3, 0.4) is 0 Å². The highest BCUT2D eigenvalue weighted by Crippen LogP contribution is 2.18. The molecule has 3 rings (SSSR count). The van der Waals surface area contributed by atoms with Gasteiger partial charge in [-0.1, -0.05) is 0 Å². The van der Waals surface area contributed by atoms with Gasteiger partial charge in [0.2, 0.25) is 0 Å². The van der Waals surface area contributed by atoms with E-state index in [0.717, 1.165) is 49.6 Å². The van der Waals surface area contributed by atoms with Crippen LogP contribution >= 0.6 is 0 Å². The Balaban J connectivity index is 1.53. The van der Waals surface area contributed by atoms with E-state index in [1.165, 1.54) is 0 Å². The molecule has 3 heterocycles. The molecule has 0 spiro atoms. The smallest absolute Gasteiger partial charge is 0.321 e. The number of hydrogen-bond donors (Lipinski definition) is 2. The van der Waals surface area contributed by atoms with Crippen LogP contribution in [0.4, 0.5) is 16.3 Å². The van der Waals surface area contributed by atoms with Crippen LogP contribution in [0.25, 0.3) is 0 Å². The molecule has 2 amide bonds. The molecule has 27 heavy (non-hydrogen) atoms. The minimum Gasteiger partial charge on any atom is -0.384 e. The number of likely N-dealkylation sites (tertiary alicyclic amines) is 1. The van der Waals surface area contributed by atoms with Crippen molar-refractivity contribution in [3.8, 4) is 0 Å². The third kappa shape index (κ3) is 5.37. The quantitative estimate of drug-likeness (QED) is 0.857. The molecule has 8 nitrogen and oxygen atoms in total. The summed E-state index contributed by atoms with van der Waals surface area (Å²) in [7, 11) is 2.07. The molecule has 2 aromatic rings. The second-order valence-corrected chi connectivity index (χ2v) is 7.00. The average Bonchev–Trinajstić information content (AvgIpc) is 2.90. The Morgan fingerprint density at radius 1 is 1.30 bits per heavy atom. The van der Waals surface area contributed by atoms with Crippen molar-refractivity contribution in [3.63, 3.8) is 0 Å². The molecule has 1 atom stereocenters. The molecule has 0 bridgehead atoms. The van der Waals surface area contributed by atoms with Crippen molar-refractivity contribution in [1.29, 1.82) is 0 Å². The number of nitrogens with one attached hydrogen (secondary N) is 1. The van der Waals surface area contributed by atoms with Gasteiger partial charge in [0.25, 0.3) is 0 Å². The molecule has 1 aliphatic heterocycles. The van der Waals surface area contributed by atoms with E-state index >= 15 is 0 Å². The van der Waals surface area contributed by atoms with Crippen molar-refractivity contribution in [2.75, 3.05) is 31.2 Å². The summed E-state index contributed by atoms with van der Waals surface area (Å²) < 4.78 is 0. The first kappa shape index (κ1) is 19.0. The number of carbonyl (C=O) groups excluding carboxylic acids is 1. The Hall–Kier alpha value is -2.74. The first-order chi connectivity index (χ1) is 13.0. The Kier molecular flexibility index (Phi) is 6.18. The zero-order valence-corrected chi connectivity index (χ0v) is 15.9. The van der Waals surface area contributed by atoms with Gasteiger partial charge in [0.15, 0.2) is 0 Å². The van der Waals surface area contributed by atoms with Crippen molar-refractivity contribution < 1.29 is 4.79 Å². The van der Waals surface area contributed by atoms with Crippen molar-refractivity contribution in [2.24, 2.45) is 0 Å². The number of aromatic nitrogens is 3. The number of anilines is 2. The predicted molar refractivity (Wildman–Crippen MR) is 105 cm³/mol. The number of nitrogen functional groups attached to an aromatic ring is 1. The molecular weight excluding hydrogens is 342 g/mol. The molecular formula is C19H27N7O. The topological polar surface area (TPSA) is 100 Å². The van der Waals surface area contributed by atoms with E-state index in [0.29, 0.717) is 18.4 Å². The zero-order chi connectivity index (χ0) is 19.2. The van der Waals surface area contributed by atoms with Crippen LogP contribution in [0.15, 0.2) is 30.6 Å². The van der Waals surface area contributed by atoms with Crippen LogP contribution < -0.4 is 11.1 Å². The van der Waals surface area contributed by atoms with Gasteiger partial charge in [-0.05, 0) is 51.4 Å². The minimum atomic E-state index is -0.0666. The Labute approximate surface area is 159 Å². The summed E-state index contributed by atoms with van der Waals surface area (Å²) in [6.07, 6.45) is 6.29. The largest absolute Gasteiger partial charge is 0.384 e. The normalized spacial score (nSPS) is 17.6. The third-order valence-corrected chi connectivity index (χ3v) is 4.89. The van der Waals surface area contributed by atoms with Crippen LogP contribution in [-0.4, -0.2) is 57.0 Å². The summed E-state index contributed by atoms with van der Waals surface area (Å²) in [6, 6.07) is 5.77. The molecule has 8 heteroatoms. The molecule has 2 aromatic heterocycles. The van der Waals surface area contributed by atoms with Gasteiger partial charge in [0, 0.05) is 31.0 Å². The number of pyridine rings is 1. The lowest BCUT2D eigenvalue weighted by molar-refractivity contribution is 0.199. The lowest BCUT2D eigenvalue weighted by Gasteiger charge is -2.26. The number of urea groups is 1. The standard InChI is InChI=1S/C19H27N7O/c1-14-5-6-15(12-22-14)23-19(27)26-10-3-4-16(8-11-26)25(2)13-18-21-9-7-17(20)24-18/h5-7,9,12,16H,3-4,8,10-11,13H2,1-2H3,(H,23,27)(H2,20,21,24)/t16-/m0/s1. The van der Waals surface area contributed by atoms with Gasteiger partial charge in [-0.25, -0.2) is 14.8 Å². The Bertz CT molecular complexity index is 765. The Morgan fingerprint density at radius 2 is 2.15 bits per heavy atom. The fourth-order valence-corrected chi connectivity index (χ4v) is 3.31. The van der Waals surface area contributed by atoms with E-state index in [1.807, 2.05) is 24.0 Å². The molecule has 0 unspecified atom stereocenters. The molecule has 1 aliphatic rings. The maximum absolute atomic E-state index is 12.5. The summed E-state index contributed by atoms with van der Waals surface area (Å²) in [5.74, 6) is 1.21. The van der Waals surface area contributed by atoms with E-state index in [2.05, 4.69) is 32.2 Å². The number of carbonyl (C=O) groups is 1. The molecule has 3 N–H and O–H groups in total. The number of hydrogen-bond acceptors (Lipinski definition) is 6. The molecule has 0 aromatic carbocycles. The highest BCUT2D eigenvalue weighted by Gasteiger charge is 2.23. The fourth-order valence-electron chi connectivity index (χ4n) is 3.31. The van der Waals surface area contributed by atoms with E-state index in [-0.39, 0.29) is 6.03 Å². The van der Waals surface area contributed by atoms with Gasteiger partial charge >= 0.3 is 6.03 Å². The summed E-state index contributed by atoms with van der Waals surface area (Å²) in [6.45, 7) is 4.05. The number of aryl methyl sites for hydroxylation is 1. The maximum Gasteiger partial charge on any atom is 0.321 e. The van der Waals surface area contributed by atoms with Crippen molar-refractivity contribution in [3.05, 3.63) is 42.1 Å². The van der Waals surface area contributed by atoms with Gasteiger partial charge in [0.1, 0.15) is 11.6 Å². The van der Waals surface area contributed by atoms with Gasteiger partial charge < -0.3 is 16.0 Å². The number of nitrogens with zero attached hydrogens (tertiary/aromatic N) is 5. The lowest BCUT2D eigenvalue weighted by atomic mass is 10.1. The molecule has 0 aliphatic carbocycles.